The van der Waals surface area contributed by atoms with Gasteiger partial charge in [-0.25, -0.2) is 4.98 Å². The second kappa shape index (κ2) is 7.63. The average molecular weight is 434 g/mol. The van der Waals surface area contributed by atoms with Gasteiger partial charge in [0.2, 0.25) is 5.95 Å². The summed E-state index contributed by atoms with van der Waals surface area (Å²) in [6, 6.07) is 5.59. The van der Waals surface area contributed by atoms with Crippen molar-refractivity contribution in [2.24, 2.45) is 4.99 Å². The van der Waals surface area contributed by atoms with Crippen molar-refractivity contribution in [1.29, 1.82) is 0 Å². The highest BCUT2D eigenvalue weighted by atomic mass is 35.5. The highest BCUT2D eigenvalue weighted by Crippen LogP contribution is 2.37. The summed E-state index contributed by atoms with van der Waals surface area (Å²) in [6.45, 7) is 5.90. The van der Waals surface area contributed by atoms with E-state index < -0.39 is 0 Å². The summed E-state index contributed by atoms with van der Waals surface area (Å²) < 4.78 is 1.54. The van der Waals surface area contributed by atoms with Gasteiger partial charge in [0.15, 0.2) is 0 Å². The normalized spacial score (nSPS) is 14.6. The molecule has 0 atom stereocenters. The number of benzene rings is 1. The van der Waals surface area contributed by atoms with Gasteiger partial charge in [0.05, 0.1) is 17.3 Å². The fraction of sp³-hybridized carbons (Fsp3) is 0.227. The maximum absolute atomic E-state index is 12.4. The van der Waals surface area contributed by atoms with Crippen LogP contribution in [0.1, 0.15) is 23.7 Å². The number of nitrogens with one attached hydrogen (secondary N) is 1. The number of hydrogen-bond donors (Lipinski definition) is 1. The number of rotatable bonds is 4. The lowest BCUT2D eigenvalue weighted by atomic mass is 9.98. The molecule has 156 valence electrons. The molecular weight excluding hydrogens is 414 g/mol. The Morgan fingerprint density at radius 2 is 2.13 bits per heavy atom. The third-order valence-electron chi connectivity index (χ3n) is 5.30. The summed E-state index contributed by atoms with van der Waals surface area (Å²) in [6.07, 6.45) is 7.08. The zero-order valence-corrected chi connectivity index (χ0v) is 17.9. The number of hydrogen-bond acceptors (Lipinski definition) is 7. The standard InChI is InChI=1S/C22H20ClN7O/c1-3-24-22-27-12-14-10-17(20-26-7-9-30(20)19(14)28-22)16-5-4-15(11-18(16)23)29-8-6-25-13(2)21(29)31/h4-6,8,10-12H,3,7,9H2,1-2H3,(H,24,27,28). The SMILES string of the molecule is CCNc1ncc2c(n1)N1CCN=C1C(c1ccc(-n3ccnc(C)c3=O)cc1Cl)=C2. The van der Waals surface area contributed by atoms with Crippen LogP contribution in [-0.2, 0) is 0 Å². The van der Waals surface area contributed by atoms with Crippen molar-refractivity contribution in [1.82, 2.24) is 19.5 Å². The summed E-state index contributed by atoms with van der Waals surface area (Å²) in [4.78, 5) is 32.4. The van der Waals surface area contributed by atoms with E-state index in [1.54, 1.807) is 25.4 Å². The minimum atomic E-state index is -0.169. The zero-order valence-electron chi connectivity index (χ0n) is 17.1. The molecule has 0 amide bonds. The van der Waals surface area contributed by atoms with E-state index in [0.717, 1.165) is 41.4 Å². The van der Waals surface area contributed by atoms with Crippen molar-refractivity contribution < 1.29 is 0 Å². The smallest absolute Gasteiger partial charge is 0.276 e. The molecule has 0 aliphatic carbocycles. The second-order valence-corrected chi connectivity index (χ2v) is 7.68. The minimum Gasteiger partial charge on any atom is -0.354 e. The predicted molar refractivity (Wildman–Crippen MR) is 123 cm³/mol. The van der Waals surface area contributed by atoms with Gasteiger partial charge in [-0.15, -0.1) is 0 Å². The molecule has 9 heteroatoms. The van der Waals surface area contributed by atoms with Gasteiger partial charge in [0.1, 0.15) is 17.3 Å². The van der Waals surface area contributed by atoms with E-state index >= 15 is 0 Å². The Balaban J connectivity index is 1.60. The summed E-state index contributed by atoms with van der Waals surface area (Å²) in [5, 5.41) is 3.69. The molecule has 1 aromatic carbocycles. The third-order valence-corrected chi connectivity index (χ3v) is 5.61. The molecule has 0 unspecified atom stereocenters. The van der Waals surface area contributed by atoms with Crippen molar-refractivity contribution in [3.63, 3.8) is 0 Å². The summed E-state index contributed by atoms with van der Waals surface area (Å²) in [7, 11) is 0. The lowest BCUT2D eigenvalue weighted by molar-refractivity contribution is 0.923. The first-order valence-corrected chi connectivity index (χ1v) is 10.4. The van der Waals surface area contributed by atoms with Crippen LogP contribution in [0.25, 0.3) is 17.3 Å². The molecule has 0 bridgehead atoms. The van der Waals surface area contributed by atoms with Gasteiger partial charge in [0.25, 0.3) is 5.56 Å². The van der Waals surface area contributed by atoms with Crippen molar-refractivity contribution in [3.8, 4) is 5.69 Å². The first-order valence-electron chi connectivity index (χ1n) is 10.1. The Kier molecular flexibility index (Phi) is 4.78. The van der Waals surface area contributed by atoms with Crippen molar-refractivity contribution in [3.05, 3.63) is 69.0 Å². The van der Waals surface area contributed by atoms with E-state index in [9.17, 15) is 4.79 Å². The quantitative estimate of drug-likeness (QED) is 0.679. The molecule has 0 spiro atoms. The van der Waals surface area contributed by atoms with Gasteiger partial charge >= 0.3 is 0 Å². The van der Waals surface area contributed by atoms with Crippen LogP contribution in [0, 0.1) is 6.92 Å². The molecule has 3 aromatic rings. The van der Waals surface area contributed by atoms with Crippen LogP contribution in [0.3, 0.4) is 0 Å². The van der Waals surface area contributed by atoms with Crippen molar-refractivity contribution >= 4 is 40.9 Å². The van der Waals surface area contributed by atoms with E-state index in [0.29, 0.717) is 28.9 Å². The van der Waals surface area contributed by atoms with E-state index in [2.05, 4.69) is 25.2 Å². The van der Waals surface area contributed by atoms with Gasteiger partial charge in [-0.1, -0.05) is 17.7 Å². The van der Waals surface area contributed by atoms with E-state index in [1.165, 1.54) is 4.57 Å². The fourth-order valence-electron chi connectivity index (χ4n) is 3.83. The average Bonchev–Trinajstić information content (AvgIpc) is 3.26. The maximum Gasteiger partial charge on any atom is 0.276 e. The molecule has 0 fully saturated rings. The number of halogens is 1. The molecule has 4 heterocycles. The van der Waals surface area contributed by atoms with Crippen LogP contribution in [0.2, 0.25) is 5.02 Å². The molecule has 2 aromatic heterocycles. The van der Waals surface area contributed by atoms with Gasteiger partial charge in [-0.05, 0) is 32.1 Å². The molecule has 0 saturated heterocycles. The molecule has 8 nitrogen and oxygen atoms in total. The van der Waals surface area contributed by atoms with Gasteiger partial charge in [0, 0.05) is 48.4 Å². The fourth-order valence-corrected chi connectivity index (χ4v) is 4.11. The Hall–Kier alpha value is -3.52. The molecular formula is C22H20ClN7O. The number of aliphatic imine (C=N–C) groups is 1. The highest BCUT2D eigenvalue weighted by Gasteiger charge is 2.31. The monoisotopic (exact) mass is 433 g/mol. The minimum absolute atomic E-state index is 0.169. The van der Waals surface area contributed by atoms with Crippen LogP contribution in [0.5, 0.6) is 0 Å². The number of nitrogens with zero attached hydrogens (tertiary/aromatic N) is 6. The third kappa shape index (κ3) is 3.29. The number of amidine groups is 1. The Labute approximate surface area is 184 Å². The number of aryl methyl sites for hydroxylation is 1. The van der Waals surface area contributed by atoms with Crippen LogP contribution in [-0.4, -0.2) is 45.0 Å². The maximum atomic E-state index is 12.4. The lowest BCUT2D eigenvalue weighted by Crippen LogP contribution is -2.32. The molecule has 0 radical (unpaired) electrons. The van der Waals surface area contributed by atoms with Crippen LogP contribution < -0.4 is 15.8 Å². The Morgan fingerprint density at radius 3 is 2.94 bits per heavy atom. The van der Waals surface area contributed by atoms with E-state index in [-0.39, 0.29) is 5.56 Å². The number of anilines is 2. The molecule has 2 aliphatic rings. The first kappa shape index (κ1) is 19.4. The zero-order chi connectivity index (χ0) is 21.5. The van der Waals surface area contributed by atoms with Crippen molar-refractivity contribution in [2.75, 3.05) is 29.9 Å². The first-order chi connectivity index (χ1) is 15.1. The van der Waals surface area contributed by atoms with Crippen molar-refractivity contribution in [2.45, 2.75) is 13.8 Å². The van der Waals surface area contributed by atoms with Crippen LogP contribution in [0.4, 0.5) is 11.8 Å². The number of aromatic nitrogens is 4. The highest BCUT2D eigenvalue weighted by molar-refractivity contribution is 6.40. The van der Waals surface area contributed by atoms with Gasteiger partial charge in [-0.2, -0.15) is 4.98 Å². The Bertz CT molecular complexity index is 1310. The molecule has 2 aliphatic heterocycles. The summed E-state index contributed by atoms with van der Waals surface area (Å²) >= 11 is 6.70. The largest absolute Gasteiger partial charge is 0.354 e. The second-order valence-electron chi connectivity index (χ2n) is 7.27. The lowest BCUT2D eigenvalue weighted by Gasteiger charge is -2.28. The van der Waals surface area contributed by atoms with E-state index in [4.69, 9.17) is 16.6 Å². The Morgan fingerprint density at radius 1 is 1.26 bits per heavy atom. The van der Waals surface area contributed by atoms with Gasteiger partial charge < -0.3 is 10.2 Å². The van der Waals surface area contributed by atoms with Gasteiger partial charge in [-0.3, -0.25) is 19.3 Å². The topological polar surface area (TPSA) is 88.3 Å². The predicted octanol–water partition coefficient (Wildman–Crippen LogP) is 3.19. The molecule has 5 rings (SSSR count). The summed E-state index contributed by atoms with van der Waals surface area (Å²) in [5.74, 6) is 2.29. The summed E-state index contributed by atoms with van der Waals surface area (Å²) in [5.41, 5.74) is 3.62. The van der Waals surface area contributed by atoms with Crippen LogP contribution >= 0.6 is 11.6 Å². The van der Waals surface area contributed by atoms with Crippen LogP contribution in [0.15, 0.2) is 46.6 Å². The molecule has 1 N–H and O–H groups in total. The van der Waals surface area contributed by atoms with E-state index in [1.807, 2.05) is 31.3 Å². The molecule has 0 saturated carbocycles. The number of fused-ring (bicyclic) bond motifs is 3. The molecule has 31 heavy (non-hydrogen) atoms.